The topological polar surface area (TPSA) is 59.1 Å². The van der Waals surface area contributed by atoms with E-state index < -0.39 is 5.54 Å². The molecule has 1 aromatic rings. The van der Waals surface area contributed by atoms with Crippen LogP contribution in [0.2, 0.25) is 0 Å². The Balaban J connectivity index is 3.10. The highest BCUT2D eigenvalue weighted by molar-refractivity contribution is 5.24. The van der Waals surface area contributed by atoms with Gasteiger partial charge in [-0.25, -0.2) is 0 Å². The number of aromatic nitrogens is 1. The summed E-state index contributed by atoms with van der Waals surface area (Å²) in [5.74, 6) is 0. The van der Waals surface area contributed by atoms with Gasteiger partial charge in [0.05, 0.1) is 17.8 Å². The van der Waals surface area contributed by atoms with Crippen LogP contribution in [-0.2, 0) is 5.54 Å². The Morgan fingerprint density at radius 2 is 2.33 bits per heavy atom. The third-order valence-corrected chi connectivity index (χ3v) is 1.88. The zero-order valence-corrected chi connectivity index (χ0v) is 7.41. The lowest BCUT2D eigenvalue weighted by molar-refractivity contribution is 0.206. The van der Waals surface area contributed by atoms with Gasteiger partial charge in [-0.15, -0.1) is 0 Å². The Labute approximate surface area is 72.2 Å². The zero-order chi connectivity index (χ0) is 9.19. The molecule has 0 fully saturated rings. The molecule has 0 bridgehead atoms. The van der Waals surface area contributed by atoms with Crippen LogP contribution in [0, 0.1) is 6.92 Å². The Bertz CT molecular complexity index is 271. The Kier molecular flexibility index (Phi) is 2.45. The van der Waals surface area contributed by atoms with Crippen molar-refractivity contribution in [2.24, 2.45) is 5.73 Å². The summed E-state index contributed by atoms with van der Waals surface area (Å²) >= 11 is 0. The van der Waals surface area contributed by atoms with Gasteiger partial charge < -0.3 is 10.8 Å². The maximum atomic E-state index is 9.01. The quantitative estimate of drug-likeness (QED) is 0.674. The summed E-state index contributed by atoms with van der Waals surface area (Å²) in [4.78, 5) is 4.14. The molecule has 0 aliphatic heterocycles. The smallest absolute Gasteiger partial charge is 0.0791 e. The van der Waals surface area contributed by atoms with Crippen molar-refractivity contribution in [3.05, 3.63) is 29.6 Å². The molecule has 0 radical (unpaired) electrons. The summed E-state index contributed by atoms with van der Waals surface area (Å²) in [5.41, 5.74) is 6.86. The molecule has 3 N–H and O–H groups in total. The molecule has 1 atom stereocenters. The van der Waals surface area contributed by atoms with E-state index in [2.05, 4.69) is 4.98 Å². The number of aliphatic hydroxyl groups excluding tert-OH is 1. The van der Waals surface area contributed by atoms with Crippen LogP contribution < -0.4 is 5.73 Å². The summed E-state index contributed by atoms with van der Waals surface area (Å²) in [7, 11) is 0. The second-order valence-electron chi connectivity index (χ2n) is 3.24. The molecule has 0 saturated heterocycles. The molecule has 0 amide bonds. The van der Waals surface area contributed by atoms with Gasteiger partial charge in [0.1, 0.15) is 0 Å². The molecule has 12 heavy (non-hydrogen) atoms. The second-order valence-corrected chi connectivity index (χ2v) is 3.24. The minimum absolute atomic E-state index is 0.0924. The predicted molar refractivity (Wildman–Crippen MR) is 47.6 cm³/mol. The van der Waals surface area contributed by atoms with Crippen LogP contribution in [0.3, 0.4) is 0 Å². The van der Waals surface area contributed by atoms with E-state index in [0.29, 0.717) is 0 Å². The molecule has 1 aromatic heterocycles. The lowest BCUT2D eigenvalue weighted by Gasteiger charge is -2.22. The van der Waals surface area contributed by atoms with Crippen LogP contribution >= 0.6 is 0 Å². The van der Waals surface area contributed by atoms with E-state index >= 15 is 0 Å². The van der Waals surface area contributed by atoms with Crippen LogP contribution in [0.5, 0.6) is 0 Å². The summed E-state index contributed by atoms with van der Waals surface area (Å²) < 4.78 is 0. The normalized spacial score (nSPS) is 15.7. The molecule has 0 aliphatic carbocycles. The number of hydrogen-bond acceptors (Lipinski definition) is 3. The highest BCUT2D eigenvalue weighted by atomic mass is 16.3. The molecule has 0 aliphatic rings. The average molecular weight is 166 g/mol. The second kappa shape index (κ2) is 3.21. The third kappa shape index (κ3) is 1.62. The van der Waals surface area contributed by atoms with Crippen molar-refractivity contribution in [1.29, 1.82) is 0 Å². The molecule has 1 unspecified atom stereocenters. The van der Waals surface area contributed by atoms with Crippen LogP contribution in [0.25, 0.3) is 0 Å². The Morgan fingerprint density at radius 1 is 1.67 bits per heavy atom. The maximum absolute atomic E-state index is 9.01. The van der Waals surface area contributed by atoms with Crippen molar-refractivity contribution in [3.63, 3.8) is 0 Å². The summed E-state index contributed by atoms with van der Waals surface area (Å²) in [6, 6.07) is 3.79. The molecular formula is C9H14N2O. The molecule has 1 rings (SSSR count). The van der Waals surface area contributed by atoms with Crippen molar-refractivity contribution >= 4 is 0 Å². The van der Waals surface area contributed by atoms with Crippen molar-refractivity contribution in [2.75, 3.05) is 6.61 Å². The van der Waals surface area contributed by atoms with Crippen LogP contribution in [0.15, 0.2) is 18.3 Å². The molecule has 66 valence electrons. The van der Waals surface area contributed by atoms with E-state index in [1.165, 1.54) is 0 Å². The fraction of sp³-hybridized carbons (Fsp3) is 0.444. The highest BCUT2D eigenvalue weighted by Gasteiger charge is 2.22. The van der Waals surface area contributed by atoms with Gasteiger partial charge in [-0.3, -0.25) is 4.98 Å². The lowest BCUT2D eigenvalue weighted by atomic mass is 9.96. The minimum atomic E-state index is -0.731. The number of aliphatic hydroxyl groups is 1. The van der Waals surface area contributed by atoms with E-state index in [1.54, 1.807) is 13.1 Å². The van der Waals surface area contributed by atoms with Crippen molar-refractivity contribution < 1.29 is 5.11 Å². The largest absolute Gasteiger partial charge is 0.394 e. The summed E-state index contributed by atoms with van der Waals surface area (Å²) in [6.07, 6.45) is 1.68. The summed E-state index contributed by atoms with van der Waals surface area (Å²) in [6.45, 7) is 3.61. The van der Waals surface area contributed by atoms with Gasteiger partial charge in [0.2, 0.25) is 0 Å². The molecule has 0 saturated carbocycles. The van der Waals surface area contributed by atoms with E-state index in [0.717, 1.165) is 11.3 Å². The summed E-state index contributed by atoms with van der Waals surface area (Å²) in [5, 5.41) is 9.01. The monoisotopic (exact) mass is 166 g/mol. The number of nitrogens with zero attached hydrogens (tertiary/aromatic N) is 1. The zero-order valence-electron chi connectivity index (χ0n) is 7.41. The maximum Gasteiger partial charge on any atom is 0.0791 e. The van der Waals surface area contributed by atoms with Crippen molar-refractivity contribution in [2.45, 2.75) is 19.4 Å². The fourth-order valence-corrected chi connectivity index (χ4v) is 1.16. The molecule has 3 nitrogen and oxygen atoms in total. The van der Waals surface area contributed by atoms with Crippen LogP contribution in [0.4, 0.5) is 0 Å². The Hall–Kier alpha value is -0.930. The van der Waals surface area contributed by atoms with Gasteiger partial charge in [0.25, 0.3) is 0 Å². The predicted octanol–water partition coefficient (Wildman–Crippen LogP) is 0.556. The first-order valence-electron chi connectivity index (χ1n) is 3.90. The van der Waals surface area contributed by atoms with E-state index in [4.69, 9.17) is 10.8 Å². The van der Waals surface area contributed by atoms with Crippen LogP contribution in [0.1, 0.15) is 18.2 Å². The van der Waals surface area contributed by atoms with Gasteiger partial charge in [0, 0.05) is 6.20 Å². The molecule has 3 heteroatoms. The van der Waals surface area contributed by atoms with Crippen molar-refractivity contribution in [1.82, 2.24) is 4.98 Å². The number of rotatable bonds is 2. The van der Waals surface area contributed by atoms with Crippen molar-refractivity contribution in [3.8, 4) is 0 Å². The molecule has 0 aromatic carbocycles. The first-order chi connectivity index (χ1) is 5.58. The minimum Gasteiger partial charge on any atom is -0.394 e. The van der Waals surface area contributed by atoms with Gasteiger partial charge in [-0.1, -0.05) is 6.07 Å². The SMILES string of the molecule is Cc1cccnc1C(C)(N)CO. The first kappa shape index (κ1) is 9.16. The molecule has 0 spiro atoms. The number of hydrogen-bond donors (Lipinski definition) is 2. The number of aryl methyl sites for hydroxylation is 1. The standard InChI is InChI=1S/C9H14N2O/c1-7-4-3-5-11-8(7)9(2,10)6-12/h3-5,12H,6,10H2,1-2H3. The lowest BCUT2D eigenvalue weighted by Crippen LogP contribution is -2.38. The van der Waals surface area contributed by atoms with Gasteiger partial charge in [-0.2, -0.15) is 0 Å². The molecular weight excluding hydrogens is 152 g/mol. The number of nitrogens with two attached hydrogens (primary N) is 1. The average Bonchev–Trinajstić information content (AvgIpc) is 2.05. The van der Waals surface area contributed by atoms with E-state index in [9.17, 15) is 0 Å². The van der Waals surface area contributed by atoms with Gasteiger partial charge in [-0.05, 0) is 25.5 Å². The number of pyridine rings is 1. The van der Waals surface area contributed by atoms with Gasteiger partial charge >= 0.3 is 0 Å². The van der Waals surface area contributed by atoms with E-state index in [-0.39, 0.29) is 6.61 Å². The Morgan fingerprint density at radius 3 is 2.83 bits per heavy atom. The first-order valence-corrected chi connectivity index (χ1v) is 3.90. The third-order valence-electron chi connectivity index (χ3n) is 1.88. The van der Waals surface area contributed by atoms with Gasteiger partial charge in [0.15, 0.2) is 0 Å². The fourth-order valence-electron chi connectivity index (χ4n) is 1.16. The highest BCUT2D eigenvalue weighted by Crippen LogP contribution is 2.17. The van der Waals surface area contributed by atoms with E-state index in [1.807, 2.05) is 19.1 Å². The van der Waals surface area contributed by atoms with Crippen LogP contribution in [-0.4, -0.2) is 16.7 Å². The molecule has 1 heterocycles.